The van der Waals surface area contributed by atoms with Gasteiger partial charge in [-0.05, 0) is 18.9 Å². The minimum Gasteiger partial charge on any atom is -0.342 e. The molecule has 2 amide bonds. The van der Waals surface area contributed by atoms with Gasteiger partial charge in [-0.2, -0.15) is 0 Å². The van der Waals surface area contributed by atoms with E-state index in [1.807, 2.05) is 37.3 Å². The minimum absolute atomic E-state index is 0.00898. The number of carbonyl (C=O) groups is 2. The van der Waals surface area contributed by atoms with Gasteiger partial charge in [0, 0.05) is 6.54 Å². The van der Waals surface area contributed by atoms with E-state index in [9.17, 15) is 9.59 Å². The summed E-state index contributed by atoms with van der Waals surface area (Å²) >= 11 is 0. The summed E-state index contributed by atoms with van der Waals surface area (Å²) in [6, 6.07) is 8.52. The summed E-state index contributed by atoms with van der Waals surface area (Å²) in [5.74, 6) is -0.105. The first-order valence-electron chi connectivity index (χ1n) is 6.31. The summed E-state index contributed by atoms with van der Waals surface area (Å²) in [6.45, 7) is 4.34. The number of carbonyl (C=O) groups excluding carboxylic acids is 2. The highest BCUT2D eigenvalue weighted by molar-refractivity contribution is 5.97. The molecule has 2 rings (SSSR count). The molecule has 1 aliphatic rings. The van der Waals surface area contributed by atoms with Gasteiger partial charge in [-0.3, -0.25) is 9.59 Å². The van der Waals surface area contributed by atoms with Crippen molar-refractivity contribution in [2.75, 3.05) is 6.54 Å². The van der Waals surface area contributed by atoms with Crippen LogP contribution in [0.15, 0.2) is 30.3 Å². The molecule has 1 aromatic carbocycles. The Bertz CT molecular complexity index is 444. The van der Waals surface area contributed by atoms with Gasteiger partial charge in [-0.15, -0.1) is 0 Å². The van der Waals surface area contributed by atoms with Crippen molar-refractivity contribution in [2.24, 2.45) is 0 Å². The van der Waals surface area contributed by atoms with Gasteiger partial charge in [-0.25, -0.2) is 0 Å². The van der Waals surface area contributed by atoms with Gasteiger partial charge in [0.2, 0.25) is 11.8 Å². The summed E-state index contributed by atoms with van der Waals surface area (Å²) in [5.41, 5.74) is 0.865. The number of nitrogens with zero attached hydrogens (tertiary/aromatic N) is 1. The molecular weight excluding hydrogens is 228 g/mol. The van der Waals surface area contributed by atoms with Crippen LogP contribution in [0.25, 0.3) is 0 Å². The van der Waals surface area contributed by atoms with Crippen LogP contribution in [0.1, 0.15) is 31.9 Å². The predicted molar refractivity (Wildman–Crippen MR) is 68.8 cm³/mol. The first-order chi connectivity index (χ1) is 8.65. The molecule has 96 valence electrons. The highest BCUT2D eigenvalue weighted by Crippen LogP contribution is 2.25. The number of nitrogens with one attached hydrogen (secondary N) is 1. The largest absolute Gasteiger partial charge is 0.342 e. The molecule has 4 nitrogen and oxygen atoms in total. The number of piperazine rings is 1. The van der Waals surface area contributed by atoms with E-state index in [4.69, 9.17) is 0 Å². The van der Waals surface area contributed by atoms with Crippen molar-refractivity contribution in [1.29, 1.82) is 0 Å². The Balaban J connectivity index is 2.35. The quantitative estimate of drug-likeness (QED) is 0.878. The fraction of sp³-hybridized carbons (Fsp3) is 0.429. The van der Waals surface area contributed by atoms with Crippen LogP contribution in [0.4, 0.5) is 0 Å². The van der Waals surface area contributed by atoms with Gasteiger partial charge in [-0.1, -0.05) is 37.3 Å². The third-order valence-corrected chi connectivity index (χ3v) is 3.15. The third-order valence-electron chi connectivity index (χ3n) is 3.15. The van der Waals surface area contributed by atoms with E-state index in [0.717, 1.165) is 12.0 Å². The number of rotatable bonds is 3. The van der Waals surface area contributed by atoms with E-state index in [-0.39, 0.29) is 11.8 Å². The molecule has 0 radical (unpaired) electrons. The summed E-state index contributed by atoms with van der Waals surface area (Å²) in [7, 11) is 0. The normalized spacial score (nSPS) is 24.0. The molecule has 4 heteroatoms. The van der Waals surface area contributed by atoms with Gasteiger partial charge in [0.25, 0.3) is 0 Å². The van der Waals surface area contributed by atoms with Crippen molar-refractivity contribution >= 4 is 11.8 Å². The lowest BCUT2D eigenvalue weighted by Crippen LogP contribution is -2.58. The molecule has 0 bridgehead atoms. The second-order valence-corrected chi connectivity index (χ2v) is 4.58. The summed E-state index contributed by atoms with van der Waals surface area (Å²) in [4.78, 5) is 26.0. The van der Waals surface area contributed by atoms with Crippen molar-refractivity contribution in [1.82, 2.24) is 10.2 Å². The number of benzene rings is 1. The highest BCUT2D eigenvalue weighted by Gasteiger charge is 2.38. The van der Waals surface area contributed by atoms with Crippen LogP contribution in [-0.2, 0) is 9.59 Å². The summed E-state index contributed by atoms with van der Waals surface area (Å²) in [6.07, 6.45) is 0.842. The summed E-state index contributed by atoms with van der Waals surface area (Å²) in [5, 5.41) is 2.74. The molecule has 2 unspecified atom stereocenters. The Kier molecular flexibility index (Phi) is 3.65. The lowest BCUT2D eigenvalue weighted by atomic mass is 10.00. The lowest BCUT2D eigenvalue weighted by molar-refractivity contribution is -0.149. The van der Waals surface area contributed by atoms with Crippen LogP contribution in [-0.4, -0.2) is 29.3 Å². The summed E-state index contributed by atoms with van der Waals surface area (Å²) < 4.78 is 0. The Morgan fingerprint density at radius 3 is 2.50 bits per heavy atom. The average molecular weight is 246 g/mol. The first-order valence-corrected chi connectivity index (χ1v) is 6.31. The Morgan fingerprint density at radius 2 is 1.89 bits per heavy atom. The van der Waals surface area contributed by atoms with Gasteiger partial charge in [0.05, 0.1) is 0 Å². The highest BCUT2D eigenvalue weighted by atomic mass is 16.2. The molecule has 0 saturated carbocycles. The predicted octanol–water partition coefficient (Wildman–Crippen LogP) is 1.48. The number of hydrogen-bond acceptors (Lipinski definition) is 2. The molecule has 2 atom stereocenters. The van der Waals surface area contributed by atoms with Crippen LogP contribution in [0, 0.1) is 0 Å². The van der Waals surface area contributed by atoms with Crippen molar-refractivity contribution in [3.05, 3.63) is 35.9 Å². The number of hydrogen-bond donors (Lipinski definition) is 1. The van der Waals surface area contributed by atoms with Gasteiger partial charge < -0.3 is 10.2 Å². The lowest BCUT2D eigenvalue weighted by Gasteiger charge is -2.38. The molecule has 1 saturated heterocycles. The zero-order valence-corrected chi connectivity index (χ0v) is 10.7. The zero-order valence-electron chi connectivity index (χ0n) is 10.7. The molecule has 0 spiro atoms. The first kappa shape index (κ1) is 12.6. The van der Waals surface area contributed by atoms with E-state index in [0.29, 0.717) is 6.54 Å². The maximum Gasteiger partial charge on any atom is 0.248 e. The van der Waals surface area contributed by atoms with E-state index in [1.165, 1.54) is 0 Å². The van der Waals surface area contributed by atoms with Crippen molar-refractivity contribution < 1.29 is 9.59 Å². The van der Waals surface area contributed by atoms with Crippen LogP contribution >= 0.6 is 0 Å². The standard InChI is InChI=1S/C14H18N2O2/c1-3-9-16-12(11-7-5-4-6-8-11)13(17)15-10(2)14(16)18/h4-8,10,12H,3,9H2,1-2H3,(H,15,17). The maximum atomic E-state index is 12.2. The molecular formula is C14H18N2O2. The smallest absolute Gasteiger partial charge is 0.248 e. The molecule has 1 fully saturated rings. The van der Waals surface area contributed by atoms with Gasteiger partial charge in [0.1, 0.15) is 12.1 Å². The van der Waals surface area contributed by atoms with Gasteiger partial charge >= 0.3 is 0 Å². The topological polar surface area (TPSA) is 49.4 Å². The van der Waals surface area contributed by atoms with Gasteiger partial charge in [0.15, 0.2) is 0 Å². The zero-order chi connectivity index (χ0) is 13.1. The van der Waals surface area contributed by atoms with Crippen molar-refractivity contribution in [2.45, 2.75) is 32.4 Å². The second-order valence-electron chi connectivity index (χ2n) is 4.58. The Labute approximate surface area is 107 Å². The fourth-order valence-electron chi connectivity index (χ4n) is 2.32. The monoisotopic (exact) mass is 246 g/mol. The fourth-order valence-corrected chi connectivity index (χ4v) is 2.32. The molecule has 1 heterocycles. The van der Waals surface area contributed by atoms with Crippen molar-refractivity contribution in [3.8, 4) is 0 Å². The van der Waals surface area contributed by atoms with Crippen LogP contribution < -0.4 is 5.32 Å². The minimum atomic E-state index is -0.491. The van der Waals surface area contributed by atoms with E-state index in [1.54, 1.807) is 11.8 Å². The van der Waals surface area contributed by atoms with Crippen LogP contribution in [0.2, 0.25) is 0 Å². The molecule has 1 N–H and O–H groups in total. The van der Waals surface area contributed by atoms with E-state index < -0.39 is 12.1 Å². The SMILES string of the molecule is CCCN1C(=O)C(C)NC(=O)C1c1ccccc1. The van der Waals surface area contributed by atoms with Crippen molar-refractivity contribution in [3.63, 3.8) is 0 Å². The van der Waals surface area contributed by atoms with Crippen LogP contribution in [0.5, 0.6) is 0 Å². The van der Waals surface area contributed by atoms with E-state index in [2.05, 4.69) is 5.32 Å². The third kappa shape index (κ3) is 2.23. The molecule has 18 heavy (non-hydrogen) atoms. The molecule has 1 aliphatic heterocycles. The van der Waals surface area contributed by atoms with Crippen LogP contribution in [0.3, 0.4) is 0 Å². The molecule has 0 aliphatic carbocycles. The Hall–Kier alpha value is -1.84. The maximum absolute atomic E-state index is 12.2. The number of amides is 2. The average Bonchev–Trinajstić information content (AvgIpc) is 2.37. The molecule has 0 aromatic heterocycles. The second kappa shape index (κ2) is 5.21. The molecule has 1 aromatic rings. The Morgan fingerprint density at radius 1 is 1.22 bits per heavy atom. The van der Waals surface area contributed by atoms with E-state index >= 15 is 0 Å².